The molecule has 5 nitrogen and oxygen atoms in total. The van der Waals surface area contributed by atoms with Crippen LogP contribution in [-0.2, 0) is 6.54 Å². The molecule has 0 saturated heterocycles. The molecular formula is C17H16N4O. The molecule has 1 aromatic heterocycles. The van der Waals surface area contributed by atoms with Gasteiger partial charge >= 0.3 is 0 Å². The van der Waals surface area contributed by atoms with Crippen LogP contribution in [0.2, 0.25) is 0 Å². The molecule has 110 valence electrons. The van der Waals surface area contributed by atoms with Gasteiger partial charge in [0.15, 0.2) is 0 Å². The van der Waals surface area contributed by atoms with Crippen LogP contribution < -0.4 is 5.32 Å². The van der Waals surface area contributed by atoms with Crippen molar-refractivity contribution in [2.45, 2.75) is 6.54 Å². The Hall–Kier alpha value is -2.84. The fourth-order valence-corrected chi connectivity index (χ4v) is 2.48. The summed E-state index contributed by atoms with van der Waals surface area (Å²) in [5, 5.41) is 21.4. The maximum absolute atomic E-state index is 9.25. The third-order valence-electron chi connectivity index (χ3n) is 3.52. The Labute approximate surface area is 128 Å². The molecule has 3 rings (SSSR count). The molecular weight excluding hydrogens is 276 g/mol. The van der Waals surface area contributed by atoms with Gasteiger partial charge in [0.05, 0.1) is 35.8 Å². The minimum Gasteiger partial charge on any atom is -0.395 e. The summed E-state index contributed by atoms with van der Waals surface area (Å²) in [7, 11) is 0. The highest BCUT2D eigenvalue weighted by Gasteiger charge is 2.11. The first kappa shape index (κ1) is 14.1. The second-order valence-corrected chi connectivity index (χ2v) is 4.93. The van der Waals surface area contributed by atoms with E-state index in [1.54, 1.807) is 0 Å². The zero-order chi connectivity index (χ0) is 15.4. The number of aliphatic hydroxyl groups is 1. The van der Waals surface area contributed by atoms with Gasteiger partial charge in [-0.25, -0.2) is 4.98 Å². The predicted octanol–water partition coefficient (Wildman–Crippen LogP) is 2.36. The highest BCUT2D eigenvalue weighted by atomic mass is 16.3. The van der Waals surface area contributed by atoms with Gasteiger partial charge in [0.25, 0.3) is 0 Å². The Morgan fingerprint density at radius 3 is 2.73 bits per heavy atom. The van der Waals surface area contributed by atoms with Crippen LogP contribution in [0.5, 0.6) is 0 Å². The van der Waals surface area contributed by atoms with Gasteiger partial charge in [-0.15, -0.1) is 0 Å². The number of nitrogens with one attached hydrogen (secondary N) is 1. The standard InChI is InChI=1S/C17H16N4O/c18-11-13-5-1-2-6-14(13)12-21-16-8-4-3-7-15(16)20-17(21)19-9-10-22/h1-8,22H,9-10,12H2,(H,19,20). The average molecular weight is 292 g/mol. The van der Waals surface area contributed by atoms with Gasteiger partial charge in [-0.2, -0.15) is 5.26 Å². The molecule has 0 aliphatic carbocycles. The molecule has 3 aromatic rings. The number of benzene rings is 2. The molecule has 0 spiro atoms. The van der Waals surface area contributed by atoms with E-state index in [0.717, 1.165) is 16.6 Å². The number of para-hydroxylation sites is 2. The van der Waals surface area contributed by atoms with Crippen molar-refractivity contribution >= 4 is 17.0 Å². The fourth-order valence-electron chi connectivity index (χ4n) is 2.48. The van der Waals surface area contributed by atoms with Gasteiger partial charge in [0, 0.05) is 6.54 Å². The lowest BCUT2D eigenvalue weighted by Crippen LogP contribution is -2.12. The quantitative estimate of drug-likeness (QED) is 0.757. The van der Waals surface area contributed by atoms with Crippen LogP contribution >= 0.6 is 0 Å². The molecule has 0 aliphatic heterocycles. The predicted molar refractivity (Wildman–Crippen MR) is 85.6 cm³/mol. The number of hydrogen-bond acceptors (Lipinski definition) is 4. The molecule has 0 amide bonds. The zero-order valence-electron chi connectivity index (χ0n) is 12.0. The van der Waals surface area contributed by atoms with Crippen LogP contribution in [0, 0.1) is 11.3 Å². The van der Waals surface area contributed by atoms with Crippen LogP contribution in [0.25, 0.3) is 11.0 Å². The summed E-state index contributed by atoms with van der Waals surface area (Å²) >= 11 is 0. The van der Waals surface area contributed by atoms with Crippen LogP contribution in [0.15, 0.2) is 48.5 Å². The Balaban J connectivity index is 2.06. The number of aromatic nitrogens is 2. The van der Waals surface area contributed by atoms with Crippen LogP contribution in [0.3, 0.4) is 0 Å². The van der Waals surface area contributed by atoms with Crippen molar-refractivity contribution in [2.75, 3.05) is 18.5 Å². The van der Waals surface area contributed by atoms with E-state index < -0.39 is 0 Å². The molecule has 0 radical (unpaired) electrons. The van der Waals surface area contributed by atoms with Crippen molar-refractivity contribution in [3.05, 3.63) is 59.7 Å². The average Bonchev–Trinajstić information content (AvgIpc) is 2.91. The van der Waals surface area contributed by atoms with Gasteiger partial charge < -0.3 is 15.0 Å². The fraction of sp³-hybridized carbons (Fsp3) is 0.176. The Morgan fingerprint density at radius 2 is 1.91 bits per heavy atom. The molecule has 22 heavy (non-hydrogen) atoms. The van der Waals surface area contributed by atoms with E-state index in [-0.39, 0.29) is 6.61 Å². The summed E-state index contributed by atoms with van der Waals surface area (Å²) in [4.78, 5) is 4.56. The van der Waals surface area contributed by atoms with Gasteiger partial charge in [-0.3, -0.25) is 0 Å². The van der Waals surface area contributed by atoms with E-state index in [9.17, 15) is 5.26 Å². The van der Waals surface area contributed by atoms with Crippen molar-refractivity contribution < 1.29 is 5.11 Å². The monoisotopic (exact) mass is 292 g/mol. The van der Waals surface area contributed by atoms with Crippen molar-refractivity contribution in [1.82, 2.24) is 9.55 Å². The molecule has 5 heteroatoms. The second-order valence-electron chi connectivity index (χ2n) is 4.93. The first-order valence-electron chi connectivity index (χ1n) is 7.11. The number of rotatable bonds is 5. The van der Waals surface area contributed by atoms with Gasteiger partial charge in [0.2, 0.25) is 5.95 Å². The second kappa shape index (κ2) is 6.29. The summed E-state index contributed by atoms with van der Waals surface area (Å²) in [5.41, 5.74) is 3.49. The third-order valence-corrected chi connectivity index (χ3v) is 3.52. The van der Waals surface area contributed by atoms with E-state index in [1.165, 1.54) is 0 Å². The van der Waals surface area contributed by atoms with Gasteiger partial charge in [-0.05, 0) is 23.8 Å². The first-order valence-corrected chi connectivity index (χ1v) is 7.11. The minimum absolute atomic E-state index is 0.0397. The number of anilines is 1. The molecule has 0 bridgehead atoms. The molecule has 0 aliphatic rings. The lowest BCUT2D eigenvalue weighted by molar-refractivity contribution is 0.310. The highest BCUT2D eigenvalue weighted by Crippen LogP contribution is 2.22. The number of nitrogens with zero attached hydrogens (tertiary/aromatic N) is 3. The third kappa shape index (κ3) is 2.65. The lowest BCUT2D eigenvalue weighted by atomic mass is 10.1. The van der Waals surface area contributed by atoms with E-state index in [1.807, 2.05) is 53.1 Å². The SMILES string of the molecule is N#Cc1ccccc1Cn1c(NCCO)nc2ccccc21. The van der Waals surface area contributed by atoms with Crippen molar-refractivity contribution in [2.24, 2.45) is 0 Å². The molecule has 0 unspecified atom stereocenters. The Kier molecular flexibility index (Phi) is 4.03. The Bertz CT molecular complexity index is 832. The highest BCUT2D eigenvalue weighted by molar-refractivity contribution is 5.78. The van der Waals surface area contributed by atoms with Crippen LogP contribution in [0.4, 0.5) is 5.95 Å². The summed E-state index contributed by atoms with van der Waals surface area (Å²) in [6.07, 6.45) is 0. The lowest BCUT2D eigenvalue weighted by Gasteiger charge is -2.11. The summed E-state index contributed by atoms with van der Waals surface area (Å²) in [6.45, 7) is 1.03. The molecule has 0 atom stereocenters. The topological polar surface area (TPSA) is 73.9 Å². The normalized spacial score (nSPS) is 10.5. The summed E-state index contributed by atoms with van der Waals surface area (Å²) < 4.78 is 2.03. The van der Waals surface area contributed by atoms with Gasteiger partial charge in [-0.1, -0.05) is 30.3 Å². The van der Waals surface area contributed by atoms with Crippen molar-refractivity contribution in [3.63, 3.8) is 0 Å². The zero-order valence-corrected chi connectivity index (χ0v) is 12.0. The maximum atomic E-state index is 9.25. The van der Waals surface area contributed by atoms with Crippen molar-refractivity contribution in [3.8, 4) is 6.07 Å². The van der Waals surface area contributed by atoms with Crippen molar-refractivity contribution in [1.29, 1.82) is 5.26 Å². The number of aliphatic hydroxyl groups excluding tert-OH is 1. The Morgan fingerprint density at radius 1 is 1.14 bits per heavy atom. The smallest absolute Gasteiger partial charge is 0.204 e. The van der Waals surface area contributed by atoms with E-state index in [2.05, 4.69) is 16.4 Å². The number of fused-ring (bicyclic) bond motifs is 1. The largest absolute Gasteiger partial charge is 0.395 e. The van der Waals surface area contributed by atoms with E-state index in [4.69, 9.17) is 5.11 Å². The maximum Gasteiger partial charge on any atom is 0.204 e. The molecule has 1 heterocycles. The van der Waals surface area contributed by atoms with Crippen LogP contribution in [-0.4, -0.2) is 27.8 Å². The van der Waals surface area contributed by atoms with Gasteiger partial charge in [0.1, 0.15) is 0 Å². The number of nitriles is 1. The summed E-state index contributed by atoms with van der Waals surface area (Å²) in [5.74, 6) is 0.697. The minimum atomic E-state index is 0.0397. The molecule has 0 saturated carbocycles. The number of imidazole rings is 1. The molecule has 2 aromatic carbocycles. The van der Waals surface area contributed by atoms with Crippen LogP contribution in [0.1, 0.15) is 11.1 Å². The van der Waals surface area contributed by atoms with E-state index >= 15 is 0 Å². The molecule has 0 fully saturated rings. The number of hydrogen-bond donors (Lipinski definition) is 2. The first-order chi connectivity index (χ1) is 10.8. The summed E-state index contributed by atoms with van der Waals surface area (Å²) in [6, 6.07) is 17.6. The van der Waals surface area contributed by atoms with E-state index in [0.29, 0.717) is 24.6 Å². The molecule has 2 N–H and O–H groups in total.